The SMILES string of the molecule is CN(CC1CCC(C)(C)O1)c1ccc(/C(N)=N/O)cc1. The molecule has 1 fully saturated rings. The van der Waals surface area contributed by atoms with Gasteiger partial charge in [-0.25, -0.2) is 0 Å². The van der Waals surface area contributed by atoms with Gasteiger partial charge in [0.15, 0.2) is 5.84 Å². The monoisotopic (exact) mass is 277 g/mol. The van der Waals surface area contributed by atoms with Gasteiger partial charge in [-0.1, -0.05) is 5.16 Å². The summed E-state index contributed by atoms with van der Waals surface area (Å²) in [7, 11) is 2.05. The number of rotatable bonds is 4. The number of amidine groups is 1. The first-order valence-electron chi connectivity index (χ1n) is 6.88. The molecule has 1 unspecified atom stereocenters. The van der Waals surface area contributed by atoms with Gasteiger partial charge in [0.25, 0.3) is 0 Å². The van der Waals surface area contributed by atoms with Crippen LogP contribution in [-0.2, 0) is 4.74 Å². The van der Waals surface area contributed by atoms with Crippen LogP contribution in [0.2, 0.25) is 0 Å². The van der Waals surface area contributed by atoms with Gasteiger partial charge >= 0.3 is 0 Å². The Morgan fingerprint density at radius 3 is 2.60 bits per heavy atom. The smallest absolute Gasteiger partial charge is 0.170 e. The van der Waals surface area contributed by atoms with Crippen molar-refractivity contribution in [2.45, 2.75) is 38.4 Å². The Morgan fingerprint density at radius 2 is 2.10 bits per heavy atom. The average Bonchev–Trinajstić information content (AvgIpc) is 2.77. The van der Waals surface area contributed by atoms with Crippen LogP contribution in [0.25, 0.3) is 0 Å². The number of benzene rings is 1. The molecule has 5 nitrogen and oxygen atoms in total. The summed E-state index contributed by atoms with van der Waals surface area (Å²) in [6, 6.07) is 7.63. The lowest BCUT2D eigenvalue weighted by Gasteiger charge is -2.25. The van der Waals surface area contributed by atoms with E-state index in [0.29, 0.717) is 5.56 Å². The van der Waals surface area contributed by atoms with Gasteiger partial charge in [0.05, 0.1) is 11.7 Å². The summed E-state index contributed by atoms with van der Waals surface area (Å²) in [5.41, 5.74) is 7.35. The van der Waals surface area contributed by atoms with Crippen LogP contribution in [0.5, 0.6) is 0 Å². The van der Waals surface area contributed by atoms with E-state index in [-0.39, 0.29) is 17.5 Å². The number of likely N-dealkylation sites (N-methyl/N-ethyl adjacent to an activating group) is 1. The zero-order valence-electron chi connectivity index (χ0n) is 12.3. The molecule has 3 N–H and O–H groups in total. The van der Waals surface area contributed by atoms with E-state index in [1.165, 1.54) is 0 Å². The van der Waals surface area contributed by atoms with Crippen LogP contribution in [0, 0.1) is 0 Å². The molecule has 0 amide bonds. The van der Waals surface area contributed by atoms with Crippen molar-refractivity contribution in [3.63, 3.8) is 0 Å². The Balaban J connectivity index is 1.98. The molecule has 0 aliphatic carbocycles. The highest BCUT2D eigenvalue weighted by Gasteiger charge is 2.32. The van der Waals surface area contributed by atoms with Crippen molar-refractivity contribution in [3.05, 3.63) is 29.8 Å². The van der Waals surface area contributed by atoms with Crippen molar-refractivity contribution >= 4 is 11.5 Å². The number of oxime groups is 1. The fraction of sp³-hybridized carbons (Fsp3) is 0.533. The van der Waals surface area contributed by atoms with E-state index in [2.05, 4.69) is 23.9 Å². The zero-order chi connectivity index (χ0) is 14.8. The summed E-state index contributed by atoms with van der Waals surface area (Å²) in [6.45, 7) is 5.14. The van der Waals surface area contributed by atoms with Gasteiger partial charge in [0, 0.05) is 24.8 Å². The Morgan fingerprint density at radius 1 is 1.45 bits per heavy atom. The van der Waals surface area contributed by atoms with E-state index in [1.54, 1.807) is 0 Å². The van der Waals surface area contributed by atoms with Gasteiger partial charge in [-0.15, -0.1) is 0 Å². The topological polar surface area (TPSA) is 71.1 Å². The minimum absolute atomic E-state index is 0.00139. The molecule has 0 spiro atoms. The van der Waals surface area contributed by atoms with Gasteiger partial charge in [0.2, 0.25) is 0 Å². The highest BCUT2D eigenvalue weighted by atomic mass is 16.5. The Kier molecular flexibility index (Phi) is 4.18. The molecule has 110 valence electrons. The lowest BCUT2D eigenvalue weighted by molar-refractivity contribution is -0.0111. The van der Waals surface area contributed by atoms with E-state index in [0.717, 1.165) is 25.1 Å². The van der Waals surface area contributed by atoms with Crippen molar-refractivity contribution in [1.29, 1.82) is 0 Å². The zero-order valence-corrected chi connectivity index (χ0v) is 12.3. The van der Waals surface area contributed by atoms with Gasteiger partial charge < -0.3 is 20.6 Å². The van der Waals surface area contributed by atoms with Crippen LogP contribution in [-0.4, -0.2) is 36.3 Å². The molecule has 0 aromatic heterocycles. The number of nitrogens with zero attached hydrogens (tertiary/aromatic N) is 2. The third-order valence-corrected chi connectivity index (χ3v) is 3.74. The molecule has 0 bridgehead atoms. The third-order valence-electron chi connectivity index (χ3n) is 3.74. The summed E-state index contributed by atoms with van der Waals surface area (Å²) >= 11 is 0. The molecule has 0 radical (unpaired) electrons. The van der Waals surface area contributed by atoms with E-state index < -0.39 is 0 Å². The molecule has 5 heteroatoms. The van der Waals surface area contributed by atoms with Crippen molar-refractivity contribution in [2.75, 3.05) is 18.5 Å². The minimum atomic E-state index is 0.00139. The molecule has 2 rings (SSSR count). The second-order valence-corrected chi connectivity index (χ2v) is 5.95. The second kappa shape index (κ2) is 5.71. The predicted molar refractivity (Wildman–Crippen MR) is 80.4 cm³/mol. The first kappa shape index (κ1) is 14.7. The molecule has 1 aliphatic rings. The molecular formula is C15H23N3O2. The van der Waals surface area contributed by atoms with E-state index in [4.69, 9.17) is 15.7 Å². The lowest BCUT2D eigenvalue weighted by Crippen LogP contribution is -2.31. The van der Waals surface area contributed by atoms with Gasteiger partial charge in [-0.3, -0.25) is 0 Å². The summed E-state index contributed by atoms with van der Waals surface area (Å²) < 4.78 is 6.01. The molecule has 1 heterocycles. The van der Waals surface area contributed by atoms with Crippen LogP contribution in [0.4, 0.5) is 5.69 Å². The summed E-state index contributed by atoms with van der Waals surface area (Å²) in [5.74, 6) is 0.125. The average molecular weight is 277 g/mol. The molecule has 20 heavy (non-hydrogen) atoms. The van der Waals surface area contributed by atoms with Crippen molar-refractivity contribution < 1.29 is 9.94 Å². The summed E-state index contributed by atoms with van der Waals surface area (Å²) in [4.78, 5) is 2.17. The van der Waals surface area contributed by atoms with Gasteiger partial charge in [-0.2, -0.15) is 0 Å². The number of anilines is 1. The molecule has 1 aromatic carbocycles. The lowest BCUT2D eigenvalue weighted by atomic mass is 10.1. The molecular weight excluding hydrogens is 254 g/mol. The third kappa shape index (κ3) is 3.42. The maximum Gasteiger partial charge on any atom is 0.170 e. The normalized spacial score (nSPS) is 21.9. The fourth-order valence-electron chi connectivity index (χ4n) is 2.56. The summed E-state index contributed by atoms with van der Waals surface area (Å²) in [5, 5.41) is 11.6. The fourth-order valence-corrected chi connectivity index (χ4v) is 2.56. The highest BCUT2D eigenvalue weighted by Crippen LogP contribution is 2.30. The quantitative estimate of drug-likeness (QED) is 0.383. The Bertz CT molecular complexity index is 482. The number of ether oxygens (including phenoxy) is 1. The molecule has 1 saturated heterocycles. The maximum absolute atomic E-state index is 8.64. The Hall–Kier alpha value is -1.75. The van der Waals surface area contributed by atoms with Crippen molar-refractivity contribution in [1.82, 2.24) is 0 Å². The van der Waals surface area contributed by atoms with Crippen molar-refractivity contribution in [3.8, 4) is 0 Å². The first-order chi connectivity index (χ1) is 9.41. The van der Waals surface area contributed by atoms with Crippen LogP contribution in [0.1, 0.15) is 32.3 Å². The molecule has 1 aliphatic heterocycles. The van der Waals surface area contributed by atoms with Crippen LogP contribution in [0.3, 0.4) is 0 Å². The van der Waals surface area contributed by atoms with Crippen LogP contribution >= 0.6 is 0 Å². The van der Waals surface area contributed by atoms with Crippen LogP contribution < -0.4 is 10.6 Å². The van der Waals surface area contributed by atoms with Crippen LogP contribution in [0.15, 0.2) is 29.4 Å². The second-order valence-electron chi connectivity index (χ2n) is 5.95. The largest absolute Gasteiger partial charge is 0.409 e. The number of hydrogen-bond donors (Lipinski definition) is 2. The number of hydrogen-bond acceptors (Lipinski definition) is 4. The van der Waals surface area contributed by atoms with E-state index in [9.17, 15) is 0 Å². The first-order valence-corrected chi connectivity index (χ1v) is 6.88. The van der Waals surface area contributed by atoms with Gasteiger partial charge in [-0.05, 0) is 51.0 Å². The van der Waals surface area contributed by atoms with Crippen molar-refractivity contribution in [2.24, 2.45) is 10.9 Å². The highest BCUT2D eigenvalue weighted by molar-refractivity contribution is 5.97. The molecule has 1 aromatic rings. The Labute approximate surface area is 120 Å². The molecule has 1 atom stereocenters. The number of nitrogens with two attached hydrogens (primary N) is 1. The van der Waals surface area contributed by atoms with E-state index >= 15 is 0 Å². The predicted octanol–water partition coefficient (Wildman–Crippen LogP) is 2.17. The summed E-state index contributed by atoms with van der Waals surface area (Å²) in [6.07, 6.45) is 2.48. The standard InChI is InChI=1S/C15H23N3O2/c1-15(2)9-8-13(20-15)10-18(3)12-6-4-11(5-7-12)14(16)17-19/h4-7,13,19H,8-10H2,1-3H3,(H2,16,17). The maximum atomic E-state index is 8.64. The van der Waals surface area contributed by atoms with Gasteiger partial charge in [0.1, 0.15) is 0 Å². The minimum Gasteiger partial charge on any atom is -0.409 e. The van der Waals surface area contributed by atoms with E-state index in [1.807, 2.05) is 31.3 Å². The molecule has 0 saturated carbocycles.